The Labute approximate surface area is 390 Å². The number of alkyl halides is 6. The summed E-state index contributed by atoms with van der Waals surface area (Å²) < 4.78 is 151. The first-order valence-corrected chi connectivity index (χ1v) is 23.1. The summed E-state index contributed by atoms with van der Waals surface area (Å²) in [6.07, 6.45) is 2.87. The number of benzene rings is 5. The van der Waals surface area contributed by atoms with Gasteiger partial charge in [0.15, 0.2) is 17.5 Å². The number of rotatable bonds is 7. The van der Waals surface area contributed by atoms with Crippen molar-refractivity contribution in [1.29, 1.82) is 0 Å². The third-order valence-electron chi connectivity index (χ3n) is 13.6. The molecule has 5 aromatic rings. The zero-order chi connectivity index (χ0) is 49.3. The van der Waals surface area contributed by atoms with Crippen molar-refractivity contribution < 1.29 is 62.6 Å². The van der Waals surface area contributed by atoms with Crippen LogP contribution in [0.3, 0.4) is 0 Å². The number of ether oxygens (including phenoxy) is 2. The minimum absolute atomic E-state index is 0.00994. The average Bonchev–Trinajstić information content (AvgIpc) is 3.29. The average molecular weight is 961 g/mol. The molecule has 0 spiro atoms. The van der Waals surface area contributed by atoms with Crippen molar-refractivity contribution in [3.8, 4) is 33.8 Å². The van der Waals surface area contributed by atoms with Gasteiger partial charge < -0.3 is 9.47 Å². The Morgan fingerprint density at radius 3 is 1.53 bits per heavy atom. The first-order valence-electron chi connectivity index (χ1n) is 23.1. The van der Waals surface area contributed by atoms with Crippen LogP contribution < -0.4 is 9.47 Å². The van der Waals surface area contributed by atoms with Gasteiger partial charge in [0.25, 0.3) is 0 Å². The third-order valence-corrected chi connectivity index (χ3v) is 13.6. The van der Waals surface area contributed by atoms with E-state index in [1.54, 1.807) is 12.1 Å². The Bertz CT molecular complexity index is 2400. The van der Waals surface area contributed by atoms with Crippen molar-refractivity contribution >= 4 is 5.97 Å². The van der Waals surface area contributed by atoms with Gasteiger partial charge in [-0.25, -0.2) is 26.7 Å². The molecule has 0 bridgehead atoms. The number of aryl methyl sites for hydroxylation is 1. The third kappa shape index (κ3) is 14.6. The van der Waals surface area contributed by atoms with Gasteiger partial charge in [0.1, 0.15) is 23.1 Å². The fourth-order valence-electron chi connectivity index (χ4n) is 9.48. The van der Waals surface area contributed by atoms with Crippen LogP contribution in [0.1, 0.15) is 118 Å². The van der Waals surface area contributed by atoms with E-state index < -0.39 is 59.3 Å². The molecule has 366 valence electrons. The summed E-state index contributed by atoms with van der Waals surface area (Å²) in [6, 6.07) is 22.3. The van der Waals surface area contributed by atoms with E-state index in [-0.39, 0.29) is 28.4 Å². The van der Waals surface area contributed by atoms with Gasteiger partial charge in [-0.2, -0.15) is 13.2 Å². The fourth-order valence-corrected chi connectivity index (χ4v) is 9.48. The Morgan fingerprint density at radius 2 is 1.01 bits per heavy atom. The normalized spacial score (nSPS) is 21.9. The summed E-state index contributed by atoms with van der Waals surface area (Å²) in [5, 5.41) is 0. The predicted molar refractivity (Wildman–Crippen MR) is 239 cm³/mol. The number of hydrogen-bond acceptors (Lipinski definition) is 3. The number of carbonyl (C=O) groups is 1. The summed E-state index contributed by atoms with van der Waals surface area (Å²) in [7, 11) is 0. The van der Waals surface area contributed by atoms with Crippen LogP contribution in [0, 0.1) is 65.6 Å². The summed E-state index contributed by atoms with van der Waals surface area (Å²) in [5.41, 5.74) is 3.18. The van der Waals surface area contributed by atoms with Gasteiger partial charge in [0.2, 0.25) is 0 Å². The Morgan fingerprint density at radius 1 is 0.515 bits per heavy atom. The van der Waals surface area contributed by atoms with E-state index in [0.29, 0.717) is 30.2 Å². The lowest BCUT2D eigenvalue weighted by atomic mass is 9.69. The quantitative estimate of drug-likeness (QED) is 0.0706. The summed E-state index contributed by atoms with van der Waals surface area (Å²) in [4.78, 5) is 12.2. The molecule has 0 saturated heterocycles. The molecule has 3 nitrogen and oxygen atoms in total. The highest BCUT2D eigenvalue weighted by Gasteiger charge is 2.42. The van der Waals surface area contributed by atoms with Crippen LogP contribution in [-0.2, 0) is 0 Å². The standard InChI is InChI=1S/C21H20F4O3.C19H12F4.C14H23F3/c1-13-2-4-14(5-3-13)15-6-11-18(19(22)12-15)20(26)27-16-7-9-17(10-8-16)28-21(23,24)25;1-11-2-4-12(5-3-11)13-6-7-15(16(20)8-13)14-9-17(21)19(23)18(22)10-14;1-10-2-4-11(5-3-10)12-6-8-13(9-7-12)14(15,16)17/h6-14H,2-5H2,1H3;2-10H,1H3;10-13H,2-9H2,1H3. The highest BCUT2D eigenvalue weighted by atomic mass is 19.4. The zero-order valence-electron chi connectivity index (χ0n) is 38.1. The molecule has 14 heteroatoms. The molecule has 0 atom stereocenters. The summed E-state index contributed by atoms with van der Waals surface area (Å²) in [6.45, 7) is 6.44. The molecule has 8 rings (SSSR count). The molecule has 3 aliphatic rings. The first-order chi connectivity index (χ1) is 32.1. The van der Waals surface area contributed by atoms with Crippen molar-refractivity contribution in [1.82, 2.24) is 0 Å². The van der Waals surface area contributed by atoms with Gasteiger partial charge in [-0.05, 0) is 165 Å². The van der Waals surface area contributed by atoms with E-state index in [9.17, 15) is 53.1 Å². The molecule has 0 unspecified atom stereocenters. The lowest BCUT2D eigenvalue weighted by molar-refractivity contribution is -0.274. The molecular formula is C54H55F11O3. The van der Waals surface area contributed by atoms with Gasteiger partial charge in [-0.15, -0.1) is 13.2 Å². The number of hydrogen-bond donors (Lipinski definition) is 0. The molecule has 3 aliphatic carbocycles. The lowest BCUT2D eigenvalue weighted by Crippen LogP contribution is -2.31. The second-order valence-electron chi connectivity index (χ2n) is 18.6. The molecule has 3 saturated carbocycles. The van der Waals surface area contributed by atoms with Crippen LogP contribution in [-0.4, -0.2) is 18.5 Å². The van der Waals surface area contributed by atoms with Gasteiger partial charge in [0, 0.05) is 5.56 Å². The van der Waals surface area contributed by atoms with Gasteiger partial charge in [0.05, 0.1) is 11.5 Å². The summed E-state index contributed by atoms with van der Waals surface area (Å²) in [5.74, 6) is -4.82. The number of carbonyl (C=O) groups excluding carboxylic acids is 1. The van der Waals surface area contributed by atoms with Crippen LogP contribution >= 0.6 is 0 Å². The van der Waals surface area contributed by atoms with E-state index in [0.717, 1.165) is 103 Å². The SMILES string of the molecule is CC1CCC(C2CCC(C(F)(F)F)CC2)CC1.CC1CCC(c2ccc(C(=O)Oc3ccc(OC(F)(F)F)cc3)c(F)c2)CC1.Cc1ccc(-c2ccc(-c3cc(F)c(F)c(F)c3)c(F)c2)cc1. The van der Waals surface area contributed by atoms with Crippen LogP contribution in [0.2, 0.25) is 0 Å². The monoisotopic (exact) mass is 960 g/mol. The van der Waals surface area contributed by atoms with E-state index >= 15 is 0 Å². The Hall–Kier alpha value is -5.40. The van der Waals surface area contributed by atoms with Crippen molar-refractivity contribution in [2.45, 2.75) is 116 Å². The van der Waals surface area contributed by atoms with Crippen molar-refractivity contribution in [3.63, 3.8) is 0 Å². The smallest absolute Gasteiger partial charge is 0.423 e. The molecule has 3 fully saturated rings. The highest BCUT2D eigenvalue weighted by Crippen LogP contribution is 2.45. The molecular weight excluding hydrogens is 906 g/mol. The van der Waals surface area contributed by atoms with Crippen LogP contribution in [0.4, 0.5) is 48.3 Å². The van der Waals surface area contributed by atoms with E-state index in [1.807, 2.05) is 31.2 Å². The van der Waals surface area contributed by atoms with Crippen LogP contribution in [0.25, 0.3) is 22.3 Å². The lowest BCUT2D eigenvalue weighted by Gasteiger charge is -2.37. The maximum Gasteiger partial charge on any atom is 0.573 e. The Kier molecular flexibility index (Phi) is 17.4. The maximum atomic E-state index is 14.4. The topological polar surface area (TPSA) is 35.5 Å². The van der Waals surface area contributed by atoms with Gasteiger partial charge in [-0.1, -0.05) is 87.6 Å². The minimum Gasteiger partial charge on any atom is -0.423 e. The molecule has 68 heavy (non-hydrogen) atoms. The van der Waals surface area contributed by atoms with Gasteiger partial charge >= 0.3 is 18.5 Å². The fraction of sp³-hybridized carbons (Fsp3) is 0.426. The van der Waals surface area contributed by atoms with E-state index in [1.165, 1.54) is 49.9 Å². The predicted octanol–water partition coefficient (Wildman–Crippen LogP) is 17.3. The van der Waals surface area contributed by atoms with E-state index in [2.05, 4.69) is 18.6 Å². The molecule has 5 aromatic carbocycles. The van der Waals surface area contributed by atoms with Crippen molar-refractivity contribution in [2.24, 2.45) is 29.6 Å². The summed E-state index contributed by atoms with van der Waals surface area (Å²) >= 11 is 0. The number of halogens is 11. The van der Waals surface area contributed by atoms with E-state index in [4.69, 9.17) is 4.74 Å². The van der Waals surface area contributed by atoms with Crippen molar-refractivity contribution in [2.75, 3.05) is 0 Å². The molecule has 0 heterocycles. The van der Waals surface area contributed by atoms with Crippen LogP contribution in [0.5, 0.6) is 11.5 Å². The van der Waals surface area contributed by atoms with Gasteiger partial charge in [-0.3, -0.25) is 0 Å². The molecule has 0 N–H and O–H groups in total. The molecule has 0 aromatic heterocycles. The maximum absolute atomic E-state index is 14.4. The first kappa shape index (κ1) is 52.0. The second kappa shape index (κ2) is 22.8. The largest absolute Gasteiger partial charge is 0.573 e. The second-order valence-corrected chi connectivity index (χ2v) is 18.6. The Balaban J connectivity index is 0.000000173. The number of esters is 1. The molecule has 0 amide bonds. The van der Waals surface area contributed by atoms with Crippen LogP contribution in [0.15, 0.2) is 97.1 Å². The molecule has 0 aliphatic heterocycles. The highest BCUT2D eigenvalue weighted by molar-refractivity contribution is 5.91. The molecule has 0 radical (unpaired) electrons. The van der Waals surface area contributed by atoms with Crippen molar-refractivity contribution in [3.05, 3.63) is 143 Å². The zero-order valence-corrected chi connectivity index (χ0v) is 38.1. The minimum atomic E-state index is -4.81.